The fraction of sp³-hybridized carbons (Fsp3) is 0.423. The Morgan fingerprint density at radius 3 is 2.13 bits per heavy atom. The van der Waals surface area contributed by atoms with Gasteiger partial charge in [-0.1, -0.05) is 30.3 Å². The van der Waals surface area contributed by atoms with Gasteiger partial charge in [-0.15, -0.1) is 0 Å². The number of rotatable bonds is 4. The van der Waals surface area contributed by atoms with E-state index in [9.17, 15) is 50.8 Å². The Hall–Kier alpha value is -3.11. The molecule has 5 rings (SSSR count). The molecule has 0 aliphatic carbocycles. The fourth-order valence-corrected chi connectivity index (χ4v) is 5.09. The molecule has 2 fully saturated rings. The number of ether oxygens (including phenoxy) is 2. The molecule has 13 heteroatoms. The molecule has 210 valence electrons. The summed E-state index contributed by atoms with van der Waals surface area (Å²) in [6.45, 7) is -1.29. The minimum Gasteiger partial charge on any atom is -0.507 e. The predicted molar refractivity (Wildman–Crippen MR) is 131 cm³/mol. The molecule has 2 aliphatic heterocycles. The first-order valence-corrected chi connectivity index (χ1v) is 12.1. The van der Waals surface area contributed by atoms with Crippen molar-refractivity contribution in [1.82, 2.24) is 0 Å². The van der Waals surface area contributed by atoms with Crippen LogP contribution in [0.1, 0.15) is 23.3 Å². The average molecular weight is 548 g/mol. The molecule has 3 aromatic rings. The second-order valence-corrected chi connectivity index (χ2v) is 9.62. The lowest BCUT2D eigenvalue weighted by Crippen LogP contribution is -2.55. The summed E-state index contributed by atoms with van der Waals surface area (Å²) in [5.41, 5.74) is -1.79. The molecule has 2 saturated heterocycles. The maximum atomic E-state index is 13.4. The van der Waals surface area contributed by atoms with Crippen LogP contribution < -0.4 is 5.43 Å². The van der Waals surface area contributed by atoms with Crippen molar-refractivity contribution in [2.24, 2.45) is 0 Å². The zero-order valence-electron chi connectivity index (χ0n) is 20.2. The van der Waals surface area contributed by atoms with Crippen LogP contribution in [0.25, 0.3) is 22.3 Å². The number of benzene rings is 2. The molecule has 0 amide bonds. The summed E-state index contributed by atoms with van der Waals surface area (Å²) in [4.78, 5) is 13.4. The molecule has 13 nitrogen and oxygen atoms in total. The van der Waals surface area contributed by atoms with Gasteiger partial charge in [0.05, 0.1) is 24.3 Å². The molecule has 2 aliphatic rings. The Morgan fingerprint density at radius 1 is 0.795 bits per heavy atom. The lowest BCUT2D eigenvalue weighted by molar-refractivity contribution is -0.232. The lowest BCUT2D eigenvalue weighted by Gasteiger charge is -2.41. The summed E-state index contributed by atoms with van der Waals surface area (Å²) in [6.07, 6.45) is -15.4. The van der Waals surface area contributed by atoms with Crippen LogP contribution in [-0.4, -0.2) is 102 Å². The van der Waals surface area contributed by atoms with Crippen LogP contribution in [0, 0.1) is 0 Å². The van der Waals surface area contributed by atoms with E-state index in [1.54, 1.807) is 30.3 Å². The van der Waals surface area contributed by atoms with Gasteiger partial charge in [0.15, 0.2) is 11.0 Å². The molecule has 0 spiro atoms. The van der Waals surface area contributed by atoms with Crippen molar-refractivity contribution < 1.29 is 59.8 Å². The molecule has 9 N–H and O–H groups in total. The van der Waals surface area contributed by atoms with Crippen molar-refractivity contribution in [3.8, 4) is 22.8 Å². The third-order valence-electron chi connectivity index (χ3n) is 7.21. The molecule has 0 unspecified atom stereocenters. The normalized spacial score (nSPS) is 33.4. The van der Waals surface area contributed by atoms with Crippen molar-refractivity contribution in [3.05, 3.63) is 57.7 Å². The standard InChI is InChI=1S/C26H28O13/c27-7-13-18(31)21(34)23(36)26(39-13)15-19(32)14-10(28)6-12(9-4-2-1-3-5-9)38-24(14)16(20(15)33)25-22(35)17(30)11(29)8-37-25/h1-6,11,13,17-18,21-23,25-27,29-36H,7-8H2/t11-,13+,17-,18-,21-,22+,23-,25+,26-/m1/s1. The smallest absolute Gasteiger partial charge is 0.197 e. The van der Waals surface area contributed by atoms with Crippen LogP contribution in [0.5, 0.6) is 11.5 Å². The lowest BCUT2D eigenvalue weighted by atomic mass is 9.85. The molecular formula is C26H28O13. The number of aliphatic hydroxyl groups is 7. The molecule has 0 bridgehead atoms. The summed E-state index contributed by atoms with van der Waals surface area (Å²) >= 11 is 0. The van der Waals surface area contributed by atoms with Gasteiger partial charge in [-0.3, -0.25) is 4.79 Å². The van der Waals surface area contributed by atoms with E-state index in [1.165, 1.54) is 0 Å². The summed E-state index contributed by atoms with van der Waals surface area (Å²) in [6, 6.07) is 9.45. The summed E-state index contributed by atoms with van der Waals surface area (Å²) in [5.74, 6) is -1.75. The second-order valence-electron chi connectivity index (χ2n) is 9.62. The summed E-state index contributed by atoms with van der Waals surface area (Å²) in [7, 11) is 0. The first-order chi connectivity index (χ1) is 18.6. The van der Waals surface area contributed by atoms with Gasteiger partial charge >= 0.3 is 0 Å². The Kier molecular flexibility index (Phi) is 7.37. The fourth-order valence-electron chi connectivity index (χ4n) is 5.09. The molecule has 2 aromatic carbocycles. The van der Waals surface area contributed by atoms with E-state index in [2.05, 4.69) is 0 Å². The van der Waals surface area contributed by atoms with Gasteiger partial charge < -0.3 is 59.8 Å². The van der Waals surface area contributed by atoms with Crippen LogP contribution in [0.3, 0.4) is 0 Å². The largest absolute Gasteiger partial charge is 0.507 e. The maximum Gasteiger partial charge on any atom is 0.197 e. The highest BCUT2D eigenvalue weighted by atomic mass is 16.5. The van der Waals surface area contributed by atoms with Crippen LogP contribution >= 0.6 is 0 Å². The highest BCUT2D eigenvalue weighted by molar-refractivity contribution is 5.91. The Bertz CT molecular complexity index is 1400. The third kappa shape index (κ3) is 4.47. The summed E-state index contributed by atoms with van der Waals surface area (Å²) in [5, 5.41) is 94.0. The van der Waals surface area contributed by atoms with Gasteiger partial charge in [-0.25, -0.2) is 0 Å². The van der Waals surface area contributed by atoms with E-state index in [-0.39, 0.29) is 5.76 Å². The highest BCUT2D eigenvalue weighted by Crippen LogP contribution is 2.50. The Morgan fingerprint density at radius 2 is 1.46 bits per heavy atom. The highest BCUT2D eigenvalue weighted by Gasteiger charge is 2.48. The van der Waals surface area contributed by atoms with Gasteiger partial charge in [-0.2, -0.15) is 0 Å². The minimum atomic E-state index is -1.95. The molecule has 39 heavy (non-hydrogen) atoms. The number of hydrogen-bond acceptors (Lipinski definition) is 13. The van der Waals surface area contributed by atoms with Gasteiger partial charge in [0.2, 0.25) is 0 Å². The second kappa shape index (κ2) is 10.5. The molecule has 0 saturated carbocycles. The first-order valence-electron chi connectivity index (χ1n) is 12.1. The number of aromatic hydroxyl groups is 2. The van der Waals surface area contributed by atoms with Crippen molar-refractivity contribution in [2.75, 3.05) is 13.2 Å². The van der Waals surface area contributed by atoms with Crippen LogP contribution in [0.4, 0.5) is 0 Å². The van der Waals surface area contributed by atoms with E-state index in [0.717, 1.165) is 6.07 Å². The van der Waals surface area contributed by atoms with Crippen LogP contribution in [0.15, 0.2) is 45.6 Å². The number of phenols is 2. The van der Waals surface area contributed by atoms with Crippen molar-refractivity contribution >= 4 is 11.0 Å². The molecule has 3 heterocycles. The zero-order valence-corrected chi connectivity index (χ0v) is 20.2. The van der Waals surface area contributed by atoms with Gasteiger partial charge in [-0.05, 0) is 0 Å². The Labute approximate surface area is 220 Å². The maximum absolute atomic E-state index is 13.4. The number of aliphatic hydroxyl groups excluding tert-OH is 7. The van der Waals surface area contributed by atoms with Crippen molar-refractivity contribution in [1.29, 1.82) is 0 Å². The zero-order chi connectivity index (χ0) is 28.2. The molecular weight excluding hydrogens is 520 g/mol. The average Bonchev–Trinajstić information content (AvgIpc) is 2.93. The predicted octanol–water partition coefficient (Wildman–Crippen LogP) is -1.46. The molecule has 0 radical (unpaired) electrons. The number of fused-ring (bicyclic) bond motifs is 1. The molecule has 9 atom stereocenters. The monoisotopic (exact) mass is 548 g/mol. The van der Waals surface area contributed by atoms with Crippen LogP contribution in [-0.2, 0) is 9.47 Å². The van der Waals surface area contributed by atoms with E-state index >= 15 is 0 Å². The SMILES string of the molecule is O=c1cc(-c2ccccc2)oc2c([C@@H]3OC[C@@H](O)[C@@H](O)[C@@H]3O)c(O)c([C@H]3O[C@@H](CO)[C@@H](O)[C@@H](O)[C@H]3O)c(O)c12. The van der Waals surface area contributed by atoms with Crippen molar-refractivity contribution in [2.45, 2.75) is 54.9 Å². The third-order valence-corrected chi connectivity index (χ3v) is 7.21. The van der Waals surface area contributed by atoms with E-state index in [0.29, 0.717) is 5.56 Å². The van der Waals surface area contributed by atoms with E-state index < -0.39 is 107 Å². The first kappa shape index (κ1) is 27.5. The molecule has 1 aromatic heterocycles. The number of phenolic OH excluding ortho intramolecular Hbond substituents is 2. The van der Waals surface area contributed by atoms with Gasteiger partial charge in [0, 0.05) is 11.6 Å². The Balaban J connectivity index is 1.80. The van der Waals surface area contributed by atoms with Crippen molar-refractivity contribution in [3.63, 3.8) is 0 Å². The van der Waals surface area contributed by atoms with Crippen LogP contribution in [0.2, 0.25) is 0 Å². The summed E-state index contributed by atoms with van der Waals surface area (Å²) < 4.78 is 17.0. The van der Waals surface area contributed by atoms with Gasteiger partial charge in [0.25, 0.3) is 0 Å². The van der Waals surface area contributed by atoms with Gasteiger partial charge in [0.1, 0.15) is 77.6 Å². The van der Waals surface area contributed by atoms with E-state index in [1.807, 2.05) is 0 Å². The number of hydrogen-bond donors (Lipinski definition) is 9. The quantitative estimate of drug-likeness (QED) is 0.182. The van der Waals surface area contributed by atoms with E-state index in [4.69, 9.17) is 13.9 Å². The minimum absolute atomic E-state index is 0.0274. The topological polar surface area (TPSA) is 231 Å².